The van der Waals surface area contributed by atoms with E-state index in [4.69, 9.17) is 17.0 Å². The maximum absolute atomic E-state index is 5.75. The summed E-state index contributed by atoms with van der Waals surface area (Å²) in [5.41, 5.74) is 2.26. The fraction of sp³-hybridized carbons (Fsp3) is 0. The van der Waals surface area contributed by atoms with Crippen molar-refractivity contribution in [1.29, 1.82) is 0 Å². The van der Waals surface area contributed by atoms with Crippen molar-refractivity contribution in [2.24, 2.45) is 0 Å². The normalized spacial score (nSPS) is 10.7. The minimum Gasteiger partial charge on any atom is -0.439 e. The summed E-state index contributed by atoms with van der Waals surface area (Å²) in [5.74, 6) is 1.96. The third kappa shape index (κ3) is 3.10. The van der Waals surface area contributed by atoms with Crippen molar-refractivity contribution in [3.63, 3.8) is 0 Å². The molecule has 0 aliphatic rings. The fourth-order valence-corrected chi connectivity index (χ4v) is 3.05. The Morgan fingerprint density at radius 3 is 2.75 bits per heavy atom. The third-order valence-corrected chi connectivity index (χ3v) is 4.24. The number of benzene rings is 1. The van der Waals surface area contributed by atoms with Crippen LogP contribution in [0.15, 0.2) is 54.7 Å². The summed E-state index contributed by atoms with van der Waals surface area (Å²) in [4.78, 5) is 9.79. The van der Waals surface area contributed by atoms with Crippen LogP contribution in [0.5, 0.6) is 11.6 Å². The summed E-state index contributed by atoms with van der Waals surface area (Å²) < 4.78 is 7.30. The van der Waals surface area contributed by atoms with Gasteiger partial charge < -0.3 is 10.1 Å². The van der Waals surface area contributed by atoms with Gasteiger partial charge in [-0.3, -0.25) is 0 Å². The molecule has 1 aromatic carbocycles. The van der Waals surface area contributed by atoms with E-state index in [9.17, 15) is 0 Å². The summed E-state index contributed by atoms with van der Waals surface area (Å²) >= 11 is 6.26. The monoisotopic (exact) mass is 353 g/mol. The molecule has 1 N–H and O–H groups in total. The lowest BCUT2D eigenvalue weighted by molar-refractivity contribution is 0.465. The van der Waals surface area contributed by atoms with Gasteiger partial charge >= 0.3 is 0 Å². The van der Waals surface area contributed by atoms with Crippen LogP contribution in [0.3, 0.4) is 0 Å². The van der Waals surface area contributed by atoms with E-state index in [1.807, 2.05) is 42.5 Å². The van der Waals surface area contributed by atoms with Gasteiger partial charge in [-0.1, -0.05) is 41.8 Å². The van der Waals surface area contributed by atoms with Crippen LogP contribution < -0.4 is 10.1 Å². The van der Waals surface area contributed by atoms with E-state index in [2.05, 4.69) is 20.4 Å². The molecule has 3 heterocycles. The molecule has 0 spiro atoms. The zero-order chi connectivity index (χ0) is 16.4. The number of anilines is 2. The van der Waals surface area contributed by atoms with Crippen LogP contribution in [-0.4, -0.2) is 25.2 Å². The van der Waals surface area contributed by atoms with Gasteiger partial charge in [0, 0.05) is 18.3 Å². The first-order chi connectivity index (χ1) is 11.8. The Labute approximate surface area is 146 Å². The predicted octanol–water partition coefficient (Wildman–Crippen LogP) is 4.23. The smallest absolute Gasteiger partial charge is 0.220 e. The minimum atomic E-state index is 0.536. The Bertz CT molecular complexity index is 996. The molecule has 0 fully saturated rings. The highest BCUT2D eigenvalue weighted by molar-refractivity contribution is 7.78. The fourth-order valence-electron chi connectivity index (χ4n) is 2.09. The molecule has 3 aromatic heterocycles. The second-order valence-corrected chi connectivity index (χ2v) is 6.01. The molecule has 0 aliphatic carbocycles. The van der Waals surface area contributed by atoms with Crippen molar-refractivity contribution in [2.45, 2.75) is 0 Å². The summed E-state index contributed by atoms with van der Waals surface area (Å²) in [5, 5.41) is 8.09. The number of pyridine rings is 1. The van der Waals surface area contributed by atoms with Crippen molar-refractivity contribution < 1.29 is 4.74 Å². The van der Waals surface area contributed by atoms with Gasteiger partial charge in [-0.05, 0) is 18.2 Å². The van der Waals surface area contributed by atoms with Crippen molar-refractivity contribution in [3.8, 4) is 11.6 Å². The van der Waals surface area contributed by atoms with E-state index in [1.54, 1.807) is 16.9 Å². The Morgan fingerprint density at radius 1 is 1.08 bits per heavy atom. The maximum atomic E-state index is 5.75. The SMILES string of the molecule is S=Cn1ccc(Nc2nc3ccc(Oc4ccccc4)nc3s2)n1. The number of nitrogens with zero attached hydrogens (tertiary/aromatic N) is 4. The molecule has 4 aromatic rings. The van der Waals surface area contributed by atoms with Crippen LogP contribution in [0.4, 0.5) is 10.9 Å². The summed E-state index contributed by atoms with van der Waals surface area (Å²) in [6.45, 7) is 0. The number of thiocarbonyl (C=S) groups is 1. The second kappa shape index (κ2) is 6.34. The van der Waals surface area contributed by atoms with E-state index in [0.717, 1.165) is 16.1 Å². The van der Waals surface area contributed by atoms with E-state index in [-0.39, 0.29) is 0 Å². The molecule has 0 unspecified atom stereocenters. The van der Waals surface area contributed by atoms with Crippen molar-refractivity contribution >= 4 is 50.3 Å². The number of para-hydroxylation sites is 1. The van der Waals surface area contributed by atoms with Crippen LogP contribution in [0.2, 0.25) is 0 Å². The van der Waals surface area contributed by atoms with Gasteiger partial charge in [0.2, 0.25) is 5.88 Å². The highest BCUT2D eigenvalue weighted by Crippen LogP contribution is 2.29. The zero-order valence-corrected chi connectivity index (χ0v) is 13.9. The van der Waals surface area contributed by atoms with Gasteiger partial charge in [-0.2, -0.15) is 0 Å². The van der Waals surface area contributed by atoms with Gasteiger partial charge in [0.1, 0.15) is 16.1 Å². The number of thiazole rings is 1. The van der Waals surface area contributed by atoms with Crippen molar-refractivity contribution in [1.82, 2.24) is 19.7 Å². The van der Waals surface area contributed by atoms with Gasteiger partial charge in [-0.15, -0.1) is 5.10 Å². The van der Waals surface area contributed by atoms with Crippen LogP contribution in [-0.2, 0) is 0 Å². The molecule has 4 rings (SSSR count). The lowest BCUT2D eigenvalue weighted by Crippen LogP contribution is -1.95. The zero-order valence-electron chi connectivity index (χ0n) is 12.3. The minimum absolute atomic E-state index is 0.536. The number of ether oxygens (including phenoxy) is 1. The first kappa shape index (κ1) is 14.7. The summed E-state index contributed by atoms with van der Waals surface area (Å²) in [6, 6.07) is 15.1. The lowest BCUT2D eigenvalue weighted by Gasteiger charge is -2.03. The van der Waals surface area contributed by atoms with Crippen LogP contribution in [0.1, 0.15) is 0 Å². The number of fused-ring (bicyclic) bond motifs is 1. The van der Waals surface area contributed by atoms with E-state index in [1.165, 1.54) is 16.8 Å². The summed E-state index contributed by atoms with van der Waals surface area (Å²) in [6.07, 6.45) is 1.77. The molecule has 0 aliphatic heterocycles. The molecule has 0 saturated heterocycles. The Morgan fingerprint density at radius 2 is 1.96 bits per heavy atom. The molecular formula is C16H11N5OS2. The van der Waals surface area contributed by atoms with Gasteiger partial charge in [-0.25, -0.2) is 14.6 Å². The second-order valence-electron chi connectivity index (χ2n) is 4.82. The van der Waals surface area contributed by atoms with E-state index >= 15 is 0 Å². The third-order valence-electron chi connectivity index (χ3n) is 3.15. The number of aromatic nitrogens is 4. The predicted molar refractivity (Wildman–Crippen MR) is 98.5 cm³/mol. The number of hydrogen-bond acceptors (Lipinski definition) is 7. The number of nitrogens with one attached hydrogen (secondary N) is 1. The highest BCUT2D eigenvalue weighted by Gasteiger charge is 2.08. The maximum Gasteiger partial charge on any atom is 0.220 e. The summed E-state index contributed by atoms with van der Waals surface area (Å²) in [7, 11) is 0. The van der Waals surface area contributed by atoms with Gasteiger partial charge in [0.05, 0.1) is 5.49 Å². The number of rotatable bonds is 5. The molecule has 6 nitrogen and oxygen atoms in total. The molecule has 0 radical (unpaired) electrons. The topological polar surface area (TPSA) is 64.9 Å². The van der Waals surface area contributed by atoms with Crippen molar-refractivity contribution in [2.75, 3.05) is 5.32 Å². The molecule has 24 heavy (non-hydrogen) atoms. The molecular weight excluding hydrogens is 342 g/mol. The molecule has 118 valence electrons. The van der Waals surface area contributed by atoms with E-state index in [0.29, 0.717) is 16.8 Å². The van der Waals surface area contributed by atoms with Crippen LogP contribution >= 0.6 is 23.6 Å². The Kier molecular flexibility index (Phi) is 3.89. The van der Waals surface area contributed by atoms with Gasteiger partial charge in [0.15, 0.2) is 10.9 Å². The molecule has 0 amide bonds. The number of hydrogen-bond donors (Lipinski definition) is 1. The molecule has 0 bridgehead atoms. The van der Waals surface area contributed by atoms with Crippen LogP contribution in [0, 0.1) is 0 Å². The largest absolute Gasteiger partial charge is 0.439 e. The average Bonchev–Trinajstić information content (AvgIpc) is 3.22. The van der Waals surface area contributed by atoms with Crippen molar-refractivity contribution in [3.05, 3.63) is 54.7 Å². The molecule has 8 heteroatoms. The van der Waals surface area contributed by atoms with Crippen LogP contribution in [0.25, 0.3) is 10.3 Å². The standard InChI is InChI=1S/C16H11N5OS2/c23-10-21-9-8-13(20-21)18-16-17-12-6-7-14(19-15(12)24-16)22-11-4-2-1-3-5-11/h1-10H,(H,17,18,20). The Hall–Kier alpha value is -2.84. The quantitative estimate of drug-likeness (QED) is 0.542. The average molecular weight is 353 g/mol. The molecule has 0 atom stereocenters. The van der Waals surface area contributed by atoms with Gasteiger partial charge in [0.25, 0.3) is 0 Å². The lowest BCUT2D eigenvalue weighted by atomic mass is 10.3. The van der Waals surface area contributed by atoms with E-state index < -0.39 is 0 Å². The first-order valence-corrected chi connectivity index (χ1v) is 8.37. The first-order valence-electron chi connectivity index (χ1n) is 7.08. The molecule has 0 saturated carbocycles. The Balaban J connectivity index is 1.57. The highest BCUT2D eigenvalue weighted by atomic mass is 32.1.